The Morgan fingerprint density at radius 1 is 1.00 bits per heavy atom. The lowest BCUT2D eigenvalue weighted by molar-refractivity contribution is -0.143. The molecular formula is C31H30N4O5. The third-order valence-corrected chi connectivity index (χ3v) is 7.09. The first-order chi connectivity index (χ1) is 19.5. The standard InChI is InChI=1S/C31H30N4O5/c1-40-31(39)35(23-14-6-3-7-15-23)33-29(36)27-24-16-8-9-17-26(24)32-28(21-11-4-2-5-12-21)25(27)20-34-18-10-13-22(19-34)30(37)38/h2-9,11-12,14-17,22H,10,13,18-20H2,1H3,(H,33,36)(H,37,38). The molecule has 1 saturated heterocycles. The Bertz CT molecular complexity index is 1530. The summed E-state index contributed by atoms with van der Waals surface area (Å²) in [5.41, 5.74) is 6.31. The predicted octanol–water partition coefficient (Wildman–Crippen LogP) is 5.12. The van der Waals surface area contributed by atoms with E-state index in [9.17, 15) is 19.5 Å². The number of ether oxygens (including phenoxy) is 1. The van der Waals surface area contributed by atoms with Crippen molar-refractivity contribution in [1.82, 2.24) is 15.3 Å². The summed E-state index contributed by atoms with van der Waals surface area (Å²) < 4.78 is 4.97. The minimum Gasteiger partial charge on any atom is -0.481 e. The molecule has 2 N–H and O–H groups in total. The van der Waals surface area contributed by atoms with Gasteiger partial charge in [-0.25, -0.2) is 9.78 Å². The zero-order valence-electron chi connectivity index (χ0n) is 22.1. The maximum Gasteiger partial charge on any atom is 0.433 e. The van der Waals surface area contributed by atoms with Gasteiger partial charge in [0.1, 0.15) is 0 Å². The van der Waals surface area contributed by atoms with Crippen molar-refractivity contribution in [2.24, 2.45) is 5.92 Å². The normalized spacial score (nSPS) is 15.4. The van der Waals surface area contributed by atoms with E-state index in [1.807, 2.05) is 60.7 Å². The van der Waals surface area contributed by atoms with Crippen LogP contribution in [-0.4, -0.2) is 53.2 Å². The highest BCUT2D eigenvalue weighted by atomic mass is 16.5. The van der Waals surface area contributed by atoms with Gasteiger partial charge < -0.3 is 9.84 Å². The number of carboxylic acids is 1. The van der Waals surface area contributed by atoms with Crippen LogP contribution in [0.25, 0.3) is 22.2 Å². The second-order valence-corrected chi connectivity index (χ2v) is 9.69. The average Bonchev–Trinajstić information content (AvgIpc) is 3.00. The fourth-order valence-corrected chi connectivity index (χ4v) is 5.17. The van der Waals surface area contributed by atoms with Gasteiger partial charge in [0.05, 0.1) is 35.5 Å². The summed E-state index contributed by atoms with van der Waals surface area (Å²) in [6.45, 7) is 1.39. The Kier molecular flexibility index (Phi) is 8.02. The second-order valence-electron chi connectivity index (χ2n) is 9.69. The van der Waals surface area contributed by atoms with Gasteiger partial charge in [0.15, 0.2) is 0 Å². The quantitative estimate of drug-likeness (QED) is 0.328. The number of carbonyl (C=O) groups is 3. The molecule has 5 rings (SSSR count). The molecule has 1 fully saturated rings. The summed E-state index contributed by atoms with van der Waals surface area (Å²) in [5, 5.41) is 11.4. The summed E-state index contributed by atoms with van der Waals surface area (Å²) in [4.78, 5) is 45.7. The first-order valence-electron chi connectivity index (χ1n) is 13.1. The number of pyridine rings is 1. The Morgan fingerprint density at radius 3 is 2.38 bits per heavy atom. The van der Waals surface area contributed by atoms with Crippen LogP contribution in [0, 0.1) is 5.92 Å². The van der Waals surface area contributed by atoms with Gasteiger partial charge in [-0.3, -0.25) is 19.9 Å². The highest BCUT2D eigenvalue weighted by Crippen LogP contribution is 2.33. The topological polar surface area (TPSA) is 112 Å². The van der Waals surface area contributed by atoms with Crippen LogP contribution in [0.4, 0.5) is 10.5 Å². The molecule has 1 atom stereocenters. The number of hydrazine groups is 1. The van der Waals surface area contributed by atoms with E-state index in [0.717, 1.165) is 17.0 Å². The Balaban J connectivity index is 1.65. The van der Waals surface area contributed by atoms with Gasteiger partial charge in [-0.05, 0) is 37.6 Å². The van der Waals surface area contributed by atoms with Crippen molar-refractivity contribution in [3.63, 3.8) is 0 Å². The molecule has 3 aromatic carbocycles. The highest BCUT2D eigenvalue weighted by molar-refractivity contribution is 6.10. The lowest BCUT2D eigenvalue weighted by Gasteiger charge is -2.32. The zero-order valence-corrected chi connectivity index (χ0v) is 22.1. The van der Waals surface area contributed by atoms with E-state index in [-0.39, 0.29) is 0 Å². The fourth-order valence-electron chi connectivity index (χ4n) is 5.17. The van der Waals surface area contributed by atoms with E-state index in [0.29, 0.717) is 59.5 Å². The third-order valence-electron chi connectivity index (χ3n) is 7.09. The number of hydrogen-bond acceptors (Lipinski definition) is 6. The largest absolute Gasteiger partial charge is 0.481 e. The van der Waals surface area contributed by atoms with Crippen LogP contribution in [0.5, 0.6) is 0 Å². The summed E-state index contributed by atoms with van der Waals surface area (Å²) in [7, 11) is 1.25. The maximum atomic E-state index is 14.2. The number of piperidine rings is 1. The molecule has 1 unspecified atom stereocenters. The first kappa shape index (κ1) is 26.8. The molecule has 2 heterocycles. The van der Waals surface area contributed by atoms with Gasteiger partial charge >= 0.3 is 12.1 Å². The molecule has 2 amide bonds. The van der Waals surface area contributed by atoms with Gasteiger partial charge in [-0.2, -0.15) is 5.01 Å². The number of methoxy groups -OCH3 is 1. The van der Waals surface area contributed by atoms with E-state index < -0.39 is 23.9 Å². The summed E-state index contributed by atoms with van der Waals surface area (Å²) in [6, 6.07) is 25.7. The van der Waals surface area contributed by atoms with Crippen LogP contribution in [0.3, 0.4) is 0 Å². The molecule has 9 heteroatoms. The van der Waals surface area contributed by atoms with Crippen LogP contribution in [-0.2, 0) is 16.1 Å². The molecule has 0 bridgehead atoms. The monoisotopic (exact) mass is 538 g/mol. The number of hydrogen-bond donors (Lipinski definition) is 2. The number of aromatic nitrogens is 1. The van der Waals surface area contributed by atoms with E-state index in [2.05, 4.69) is 10.3 Å². The molecule has 9 nitrogen and oxygen atoms in total. The van der Waals surface area contributed by atoms with Gasteiger partial charge in [-0.15, -0.1) is 0 Å². The smallest absolute Gasteiger partial charge is 0.433 e. The van der Waals surface area contributed by atoms with E-state index >= 15 is 0 Å². The van der Waals surface area contributed by atoms with Gasteiger partial charge in [0.2, 0.25) is 0 Å². The summed E-state index contributed by atoms with van der Waals surface area (Å²) >= 11 is 0. The molecule has 0 radical (unpaired) electrons. The Labute approximate surface area is 232 Å². The highest BCUT2D eigenvalue weighted by Gasteiger charge is 2.30. The van der Waals surface area contributed by atoms with Crippen LogP contribution in [0.15, 0.2) is 84.9 Å². The summed E-state index contributed by atoms with van der Waals surface area (Å²) in [6.07, 6.45) is 0.610. The Hall–Kier alpha value is -4.76. The second kappa shape index (κ2) is 12.0. The van der Waals surface area contributed by atoms with Crippen molar-refractivity contribution in [2.45, 2.75) is 19.4 Å². The molecule has 1 aliphatic rings. The van der Waals surface area contributed by atoms with Crippen LogP contribution in [0.1, 0.15) is 28.8 Å². The zero-order chi connectivity index (χ0) is 28.1. The number of likely N-dealkylation sites (tertiary alicyclic amines) is 1. The fraction of sp³-hybridized carbons (Fsp3) is 0.226. The Morgan fingerprint density at radius 2 is 1.68 bits per heavy atom. The van der Waals surface area contributed by atoms with Crippen molar-refractivity contribution in [2.75, 3.05) is 25.2 Å². The number of rotatable bonds is 6. The van der Waals surface area contributed by atoms with E-state index in [4.69, 9.17) is 9.72 Å². The van der Waals surface area contributed by atoms with Gasteiger partial charge in [0.25, 0.3) is 5.91 Å². The number of nitrogens with one attached hydrogen (secondary N) is 1. The third kappa shape index (κ3) is 5.64. The number of para-hydroxylation sites is 2. The van der Waals surface area contributed by atoms with Gasteiger partial charge in [-0.1, -0.05) is 66.7 Å². The van der Waals surface area contributed by atoms with Crippen molar-refractivity contribution in [3.05, 3.63) is 96.1 Å². The lowest BCUT2D eigenvalue weighted by atomic mass is 9.93. The number of anilines is 1. The number of nitrogens with zero attached hydrogens (tertiary/aromatic N) is 3. The molecule has 1 aliphatic heterocycles. The predicted molar refractivity (Wildman–Crippen MR) is 152 cm³/mol. The lowest BCUT2D eigenvalue weighted by Crippen LogP contribution is -2.47. The number of carbonyl (C=O) groups excluding carboxylic acids is 2. The minimum absolute atomic E-state index is 0.318. The molecule has 4 aromatic rings. The van der Waals surface area contributed by atoms with Crippen molar-refractivity contribution < 1.29 is 24.2 Å². The molecule has 0 aliphatic carbocycles. The molecule has 204 valence electrons. The number of benzene rings is 3. The molecular weight excluding hydrogens is 508 g/mol. The van der Waals surface area contributed by atoms with Crippen molar-refractivity contribution >= 4 is 34.6 Å². The van der Waals surface area contributed by atoms with Crippen LogP contribution >= 0.6 is 0 Å². The maximum absolute atomic E-state index is 14.2. The average molecular weight is 539 g/mol. The first-order valence-corrected chi connectivity index (χ1v) is 13.1. The van der Waals surface area contributed by atoms with E-state index in [1.165, 1.54) is 7.11 Å². The number of fused-ring (bicyclic) bond motifs is 1. The van der Waals surface area contributed by atoms with Gasteiger partial charge in [0, 0.05) is 29.6 Å². The number of aliphatic carboxylic acids is 1. The van der Waals surface area contributed by atoms with Crippen LogP contribution in [0.2, 0.25) is 0 Å². The SMILES string of the molecule is COC(=O)N(NC(=O)c1c(CN2CCCC(C(=O)O)C2)c(-c2ccccc2)nc2ccccc12)c1ccccc1. The number of carboxylic acid groups (broad SMARTS) is 1. The molecule has 40 heavy (non-hydrogen) atoms. The minimum atomic E-state index is -0.820. The van der Waals surface area contributed by atoms with Crippen molar-refractivity contribution in [3.8, 4) is 11.3 Å². The van der Waals surface area contributed by atoms with Crippen molar-refractivity contribution in [1.29, 1.82) is 0 Å². The van der Waals surface area contributed by atoms with Crippen LogP contribution < -0.4 is 10.4 Å². The van der Waals surface area contributed by atoms with E-state index in [1.54, 1.807) is 24.3 Å². The molecule has 0 spiro atoms. The summed E-state index contributed by atoms with van der Waals surface area (Å²) in [5.74, 6) is -1.81. The molecule has 1 aromatic heterocycles. The number of amides is 2. The molecule has 0 saturated carbocycles.